The van der Waals surface area contributed by atoms with Gasteiger partial charge in [-0.2, -0.15) is 0 Å². The fraction of sp³-hybridized carbons (Fsp3) is 0.300. The van der Waals surface area contributed by atoms with Crippen molar-refractivity contribution in [2.45, 2.75) is 19.8 Å². The van der Waals surface area contributed by atoms with Crippen molar-refractivity contribution < 1.29 is 23.8 Å². The van der Waals surface area contributed by atoms with Crippen LogP contribution in [0.25, 0.3) is 0 Å². The number of benzene rings is 2. The van der Waals surface area contributed by atoms with Gasteiger partial charge in [-0.05, 0) is 48.4 Å². The predicted molar refractivity (Wildman–Crippen MR) is 102 cm³/mol. The van der Waals surface area contributed by atoms with Gasteiger partial charge in [0.25, 0.3) is 0 Å². The van der Waals surface area contributed by atoms with Gasteiger partial charge in [0.05, 0.1) is 23.6 Å². The van der Waals surface area contributed by atoms with Crippen molar-refractivity contribution in [2.75, 3.05) is 25.1 Å². The zero-order valence-corrected chi connectivity index (χ0v) is 15.7. The molecule has 142 valence electrons. The molecule has 0 spiro atoms. The normalized spacial score (nSPS) is 12.4. The minimum Gasteiger partial charge on any atom is -0.486 e. The number of ether oxygens (including phenoxy) is 3. The number of halogens is 1. The number of carbonyl (C=O) groups excluding carboxylic acids is 2. The Balaban J connectivity index is 1.61. The summed E-state index contributed by atoms with van der Waals surface area (Å²) in [7, 11) is 0. The molecule has 0 bridgehead atoms. The first kappa shape index (κ1) is 19.0. The Labute approximate surface area is 162 Å². The van der Waals surface area contributed by atoms with Gasteiger partial charge >= 0.3 is 5.97 Å². The monoisotopic (exact) mass is 389 g/mol. The van der Waals surface area contributed by atoms with E-state index in [4.69, 9.17) is 25.8 Å². The molecular formula is C20H20ClNO5. The fourth-order valence-corrected chi connectivity index (χ4v) is 2.91. The van der Waals surface area contributed by atoms with E-state index in [1.54, 1.807) is 36.4 Å². The van der Waals surface area contributed by atoms with Crippen LogP contribution in [0.5, 0.6) is 11.5 Å². The summed E-state index contributed by atoms with van der Waals surface area (Å²) >= 11 is 6.19. The minimum atomic E-state index is -0.374. The van der Waals surface area contributed by atoms with Crippen molar-refractivity contribution in [1.29, 1.82) is 0 Å². The molecule has 6 nitrogen and oxygen atoms in total. The summed E-state index contributed by atoms with van der Waals surface area (Å²) in [5, 5.41) is 3.21. The highest BCUT2D eigenvalue weighted by Crippen LogP contribution is 2.38. The zero-order valence-electron chi connectivity index (χ0n) is 14.9. The van der Waals surface area contributed by atoms with Crippen LogP contribution in [0.1, 0.15) is 29.3 Å². The molecule has 1 heterocycles. The number of fused-ring (bicyclic) bond motifs is 1. The standard InChI is InChI=1S/C20H20ClNO5/c1-2-7-27-20(24)14-3-5-15(6-4-14)22-18(23)12-13-10-16(21)19-17(11-13)25-8-9-26-19/h3-6,10-11H,2,7-9,12H2,1H3,(H,22,23). The zero-order chi connectivity index (χ0) is 19.2. The summed E-state index contributed by atoms with van der Waals surface area (Å²) in [6.07, 6.45) is 0.903. The van der Waals surface area contributed by atoms with E-state index in [1.165, 1.54) is 0 Å². The average molecular weight is 390 g/mol. The average Bonchev–Trinajstić information content (AvgIpc) is 2.66. The maximum atomic E-state index is 12.3. The first-order valence-corrected chi connectivity index (χ1v) is 9.09. The number of rotatable bonds is 6. The molecule has 0 saturated heterocycles. The molecular weight excluding hydrogens is 370 g/mol. The quantitative estimate of drug-likeness (QED) is 0.759. The highest BCUT2D eigenvalue weighted by Gasteiger charge is 2.18. The summed E-state index contributed by atoms with van der Waals surface area (Å²) < 4.78 is 16.1. The van der Waals surface area contributed by atoms with Crippen molar-refractivity contribution in [1.82, 2.24) is 0 Å². The number of nitrogens with one attached hydrogen (secondary N) is 1. The lowest BCUT2D eigenvalue weighted by Gasteiger charge is -2.20. The van der Waals surface area contributed by atoms with E-state index in [1.807, 2.05) is 6.92 Å². The van der Waals surface area contributed by atoms with E-state index in [0.717, 1.165) is 12.0 Å². The minimum absolute atomic E-state index is 0.136. The van der Waals surface area contributed by atoms with Gasteiger partial charge in [0, 0.05) is 5.69 Å². The van der Waals surface area contributed by atoms with Crippen molar-refractivity contribution in [3.05, 3.63) is 52.5 Å². The van der Waals surface area contributed by atoms with Gasteiger partial charge < -0.3 is 19.5 Å². The molecule has 1 aliphatic heterocycles. The van der Waals surface area contributed by atoms with Crippen LogP contribution in [0, 0.1) is 0 Å². The molecule has 1 aliphatic rings. The van der Waals surface area contributed by atoms with Crippen LogP contribution < -0.4 is 14.8 Å². The second kappa shape index (κ2) is 8.77. The van der Waals surface area contributed by atoms with Gasteiger partial charge in [-0.3, -0.25) is 4.79 Å². The molecule has 0 unspecified atom stereocenters. The molecule has 1 N–H and O–H groups in total. The van der Waals surface area contributed by atoms with Crippen LogP contribution >= 0.6 is 11.6 Å². The van der Waals surface area contributed by atoms with Gasteiger partial charge in [-0.25, -0.2) is 4.79 Å². The first-order chi connectivity index (χ1) is 13.1. The predicted octanol–water partition coefficient (Wildman–Crippen LogP) is 3.86. The second-order valence-electron chi connectivity index (χ2n) is 6.04. The van der Waals surface area contributed by atoms with Crippen LogP contribution in [0.2, 0.25) is 5.02 Å². The van der Waals surface area contributed by atoms with Gasteiger partial charge in [-0.1, -0.05) is 18.5 Å². The van der Waals surface area contributed by atoms with Crippen molar-refractivity contribution in [2.24, 2.45) is 0 Å². The summed E-state index contributed by atoms with van der Waals surface area (Å²) in [5.74, 6) is 0.480. The molecule has 0 atom stereocenters. The molecule has 0 aromatic heterocycles. The Bertz CT molecular complexity index is 835. The van der Waals surface area contributed by atoms with Crippen molar-refractivity contribution in [3.63, 3.8) is 0 Å². The molecule has 2 aromatic rings. The SMILES string of the molecule is CCCOC(=O)c1ccc(NC(=O)Cc2cc(Cl)c3c(c2)OCCO3)cc1. The Hall–Kier alpha value is -2.73. The molecule has 0 fully saturated rings. The number of carbonyl (C=O) groups is 2. The Morgan fingerprint density at radius 3 is 2.63 bits per heavy atom. The third-order valence-corrected chi connectivity index (χ3v) is 4.14. The smallest absolute Gasteiger partial charge is 0.338 e. The van der Waals surface area contributed by atoms with E-state index < -0.39 is 0 Å². The molecule has 27 heavy (non-hydrogen) atoms. The van der Waals surface area contributed by atoms with E-state index in [2.05, 4.69) is 5.32 Å². The summed E-state index contributed by atoms with van der Waals surface area (Å²) in [6, 6.07) is 10.0. The van der Waals surface area contributed by atoms with E-state index in [0.29, 0.717) is 47.6 Å². The number of anilines is 1. The van der Waals surface area contributed by atoms with E-state index >= 15 is 0 Å². The van der Waals surface area contributed by atoms with Crippen molar-refractivity contribution in [3.8, 4) is 11.5 Å². The molecule has 1 amide bonds. The third kappa shape index (κ3) is 4.92. The van der Waals surface area contributed by atoms with Crippen LogP contribution in [0.15, 0.2) is 36.4 Å². The highest BCUT2D eigenvalue weighted by molar-refractivity contribution is 6.32. The summed E-state index contributed by atoms with van der Waals surface area (Å²) in [4.78, 5) is 24.1. The summed E-state index contributed by atoms with van der Waals surface area (Å²) in [5.41, 5.74) is 1.76. The van der Waals surface area contributed by atoms with Crippen LogP contribution in [0.4, 0.5) is 5.69 Å². The van der Waals surface area contributed by atoms with Gasteiger partial charge in [0.1, 0.15) is 13.2 Å². The summed E-state index contributed by atoms with van der Waals surface area (Å²) in [6.45, 7) is 3.22. The third-order valence-electron chi connectivity index (χ3n) is 3.86. The van der Waals surface area contributed by atoms with Crippen LogP contribution in [0.3, 0.4) is 0 Å². The lowest BCUT2D eigenvalue weighted by Crippen LogP contribution is -2.17. The number of esters is 1. The Morgan fingerprint density at radius 1 is 1.15 bits per heavy atom. The molecule has 7 heteroatoms. The molecule has 0 saturated carbocycles. The molecule has 0 radical (unpaired) electrons. The second-order valence-corrected chi connectivity index (χ2v) is 6.45. The fourth-order valence-electron chi connectivity index (χ4n) is 2.62. The number of amides is 1. The maximum absolute atomic E-state index is 12.3. The topological polar surface area (TPSA) is 73.9 Å². The van der Waals surface area contributed by atoms with Crippen LogP contribution in [-0.4, -0.2) is 31.7 Å². The highest BCUT2D eigenvalue weighted by atomic mass is 35.5. The number of hydrogen-bond donors (Lipinski definition) is 1. The van der Waals surface area contributed by atoms with Crippen molar-refractivity contribution >= 4 is 29.2 Å². The maximum Gasteiger partial charge on any atom is 0.338 e. The van der Waals surface area contributed by atoms with E-state index in [9.17, 15) is 9.59 Å². The number of hydrogen-bond acceptors (Lipinski definition) is 5. The largest absolute Gasteiger partial charge is 0.486 e. The Morgan fingerprint density at radius 2 is 1.89 bits per heavy atom. The lowest BCUT2D eigenvalue weighted by molar-refractivity contribution is -0.115. The van der Waals surface area contributed by atoms with Gasteiger partial charge in [-0.15, -0.1) is 0 Å². The molecule has 2 aromatic carbocycles. The Kier molecular flexibility index (Phi) is 6.19. The van der Waals surface area contributed by atoms with Gasteiger partial charge in [0.15, 0.2) is 11.5 Å². The molecule has 0 aliphatic carbocycles. The van der Waals surface area contributed by atoms with Gasteiger partial charge in [0.2, 0.25) is 5.91 Å². The van der Waals surface area contributed by atoms with Crippen LogP contribution in [-0.2, 0) is 16.0 Å². The van der Waals surface area contributed by atoms with E-state index in [-0.39, 0.29) is 18.3 Å². The lowest BCUT2D eigenvalue weighted by atomic mass is 10.1. The first-order valence-electron chi connectivity index (χ1n) is 8.72. The molecule has 3 rings (SSSR count).